The number of nitrogens with one attached hydrogen (secondary N) is 1. The van der Waals surface area contributed by atoms with Crippen molar-refractivity contribution in [1.82, 2.24) is 4.98 Å². The van der Waals surface area contributed by atoms with Crippen LogP contribution in [0.2, 0.25) is 0 Å². The van der Waals surface area contributed by atoms with E-state index in [1.807, 2.05) is 18.3 Å². The van der Waals surface area contributed by atoms with Gasteiger partial charge in [0.2, 0.25) is 0 Å². The molecule has 0 fully saturated rings. The zero-order valence-corrected chi connectivity index (χ0v) is 11.4. The molecule has 0 radical (unpaired) electrons. The first-order chi connectivity index (χ1) is 8.33. The Bertz CT molecular complexity index is 597. The van der Waals surface area contributed by atoms with Crippen LogP contribution in [-0.4, -0.2) is 22.4 Å². The van der Waals surface area contributed by atoms with E-state index >= 15 is 0 Å². The number of amidine groups is 1. The number of pyridine rings is 1. The van der Waals surface area contributed by atoms with Crippen LogP contribution in [0, 0.1) is 0 Å². The standard InChI is InChI=1S/C12H10BrN3S/c13-9-6-8-2-1-3-10(11(8)15-7-9)16-12-14-4-5-17-12/h1-3,6-7H,4-5H2,(H,14,16). The number of hydrogen-bond acceptors (Lipinski definition) is 4. The molecule has 17 heavy (non-hydrogen) atoms. The lowest BCUT2D eigenvalue weighted by Crippen LogP contribution is -2.05. The van der Waals surface area contributed by atoms with Gasteiger partial charge in [0.1, 0.15) is 0 Å². The molecule has 1 aliphatic rings. The number of benzene rings is 1. The Kier molecular flexibility index (Phi) is 3.03. The summed E-state index contributed by atoms with van der Waals surface area (Å²) in [6, 6.07) is 8.18. The number of rotatable bonds is 1. The van der Waals surface area contributed by atoms with Gasteiger partial charge in [-0.2, -0.15) is 0 Å². The summed E-state index contributed by atoms with van der Waals surface area (Å²) >= 11 is 5.19. The van der Waals surface area contributed by atoms with Crippen molar-refractivity contribution in [1.29, 1.82) is 0 Å². The van der Waals surface area contributed by atoms with Gasteiger partial charge in [-0.25, -0.2) is 0 Å². The second-order valence-electron chi connectivity index (χ2n) is 3.69. The fourth-order valence-electron chi connectivity index (χ4n) is 1.76. The van der Waals surface area contributed by atoms with Crippen molar-refractivity contribution in [3.63, 3.8) is 0 Å². The molecule has 1 N–H and O–H groups in total. The molecular weight excluding hydrogens is 298 g/mol. The van der Waals surface area contributed by atoms with E-state index in [0.29, 0.717) is 0 Å². The van der Waals surface area contributed by atoms with Crippen LogP contribution in [0.1, 0.15) is 0 Å². The second kappa shape index (κ2) is 4.66. The fourth-order valence-corrected chi connectivity index (χ4v) is 2.85. The van der Waals surface area contributed by atoms with Gasteiger partial charge in [-0.1, -0.05) is 23.9 Å². The van der Waals surface area contributed by atoms with E-state index in [-0.39, 0.29) is 0 Å². The SMILES string of the molecule is Brc1cnc2c(NC3=NCCS3)cccc2c1. The van der Waals surface area contributed by atoms with Crippen LogP contribution >= 0.6 is 27.7 Å². The highest BCUT2D eigenvalue weighted by Gasteiger charge is 2.09. The first kappa shape index (κ1) is 11.0. The molecule has 0 aliphatic carbocycles. The lowest BCUT2D eigenvalue weighted by atomic mass is 10.2. The monoisotopic (exact) mass is 307 g/mol. The number of halogens is 1. The first-order valence-corrected chi connectivity index (χ1v) is 7.09. The molecule has 1 aromatic heterocycles. The maximum atomic E-state index is 4.45. The lowest BCUT2D eigenvalue weighted by Gasteiger charge is -2.08. The minimum absolute atomic E-state index is 0.900. The number of anilines is 1. The van der Waals surface area contributed by atoms with Crippen molar-refractivity contribution in [2.24, 2.45) is 4.99 Å². The highest BCUT2D eigenvalue weighted by Crippen LogP contribution is 2.25. The third kappa shape index (κ3) is 2.30. The molecule has 0 saturated heterocycles. The van der Waals surface area contributed by atoms with Crippen LogP contribution in [0.25, 0.3) is 10.9 Å². The zero-order valence-electron chi connectivity index (χ0n) is 8.98. The van der Waals surface area contributed by atoms with Gasteiger partial charge in [0.15, 0.2) is 5.17 Å². The number of aromatic nitrogens is 1. The predicted molar refractivity (Wildman–Crippen MR) is 77.8 cm³/mol. The van der Waals surface area contributed by atoms with Crippen LogP contribution in [0.4, 0.5) is 5.69 Å². The van der Waals surface area contributed by atoms with Crippen LogP contribution in [-0.2, 0) is 0 Å². The molecule has 5 heteroatoms. The third-order valence-electron chi connectivity index (χ3n) is 2.50. The Balaban J connectivity index is 2.03. The summed E-state index contributed by atoms with van der Waals surface area (Å²) < 4.78 is 0.995. The van der Waals surface area contributed by atoms with Crippen molar-refractivity contribution in [3.8, 4) is 0 Å². The quantitative estimate of drug-likeness (QED) is 0.876. The Morgan fingerprint density at radius 3 is 3.12 bits per heavy atom. The number of hydrogen-bond donors (Lipinski definition) is 1. The van der Waals surface area contributed by atoms with Crippen molar-refractivity contribution in [2.75, 3.05) is 17.6 Å². The molecule has 1 aromatic carbocycles. The summed E-state index contributed by atoms with van der Waals surface area (Å²) in [5.74, 6) is 1.06. The van der Waals surface area contributed by atoms with Gasteiger partial charge in [-0.05, 0) is 28.1 Å². The summed E-state index contributed by atoms with van der Waals surface area (Å²) in [5, 5.41) is 5.45. The summed E-state index contributed by atoms with van der Waals surface area (Å²) in [5.41, 5.74) is 1.99. The van der Waals surface area contributed by atoms with Gasteiger partial charge < -0.3 is 5.32 Å². The highest BCUT2D eigenvalue weighted by atomic mass is 79.9. The second-order valence-corrected chi connectivity index (χ2v) is 5.69. The van der Waals surface area contributed by atoms with E-state index in [1.54, 1.807) is 11.8 Å². The van der Waals surface area contributed by atoms with E-state index in [4.69, 9.17) is 0 Å². The molecule has 1 aliphatic heterocycles. The van der Waals surface area contributed by atoms with Crippen molar-refractivity contribution in [3.05, 3.63) is 34.9 Å². The molecule has 0 spiro atoms. The summed E-state index contributed by atoms with van der Waals surface area (Å²) in [6.07, 6.45) is 1.82. The molecular formula is C12H10BrN3S. The van der Waals surface area contributed by atoms with Gasteiger partial charge in [0.05, 0.1) is 17.7 Å². The molecule has 0 unspecified atom stereocenters. The van der Waals surface area contributed by atoms with Crippen molar-refractivity contribution < 1.29 is 0 Å². The van der Waals surface area contributed by atoms with Crippen LogP contribution in [0.3, 0.4) is 0 Å². The summed E-state index contributed by atoms with van der Waals surface area (Å²) in [4.78, 5) is 8.84. The fraction of sp³-hybridized carbons (Fsp3) is 0.167. The summed E-state index contributed by atoms with van der Waals surface area (Å²) in [6.45, 7) is 0.900. The molecule has 3 nitrogen and oxygen atoms in total. The zero-order chi connectivity index (χ0) is 11.7. The molecule has 0 bridgehead atoms. The number of para-hydroxylation sites is 1. The van der Waals surface area contributed by atoms with Gasteiger partial charge in [0.25, 0.3) is 0 Å². The van der Waals surface area contributed by atoms with Gasteiger partial charge in [0, 0.05) is 21.8 Å². The Hall–Kier alpha value is -1.07. The van der Waals surface area contributed by atoms with Crippen molar-refractivity contribution >= 4 is 49.4 Å². The predicted octanol–water partition coefficient (Wildman–Crippen LogP) is 3.51. The molecule has 3 rings (SSSR count). The van der Waals surface area contributed by atoms with Gasteiger partial charge in [-0.3, -0.25) is 9.98 Å². The van der Waals surface area contributed by atoms with Crippen LogP contribution in [0.15, 0.2) is 39.9 Å². The topological polar surface area (TPSA) is 37.3 Å². The average molecular weight is 308 g/mol. The number of aliphatic imine (C=N–C) groups is 1. The van der Waals surface area contributed by atoms with E-state index in [2.05, 4.69) is 43.4 Å². The van der Waals surface area contributed by atoms with E-state index in [1.165, 1.54) is 0 Å². The molecule has 2 aromatic rings. The minimum atomic E-state index is 0.900. The maximum Gasteiger partial charge on any atom is 0.161 e. The van der Waals surface area contributed by atoms with E-state index in [0.717, 1.165) is 38.5 Å². The van der Waals surface area contributed by atoms with Gasteiger partial charge >= 0.3 is 0 Å². The van der Waals surface area contributed by atoms with Crippen molar-refractivity contribution in [2.45, 2.75) is 0 Å². The van der Waals surface area contributed by atoms with E-state index < -0.39 is 0 Å². The van der Waals surface area contributed by atoms with Gasteiger partial charge in [-0.15, -0.1) is 0 Å². The number of nitrogens with zero attached hydrogens (tertiary/aromatic N) is 2. The Morgan fingerprint density at radius 1 is 1.35 bits per heavy atom. The highest BCUT2D eigenvalue weighted by molar-refractivity contribution is 9.10. The normalized spacial score (nSPS) is 15.0. The Labute approximate surface area is 112 Å². The molecule has 0 saturated carbocycles. The number of fused-ring (bicyclic) bond motifs is 1. The molecule has 86 valence electrons. The lowest BCUT2D eigenvalue weighted by molar-refractivity contribution is 1.17. The molecule has 2 heterocycles. The smallest absolute Gasteiger partial charge is 0.161 e. The maximum absolute atomic E-state index is 4.45. The molecule has 0 atom stereocenters. The first-order valence-electron chi connectivity index (χ1n) is 5.31. The molecule has 0 amide bonds. The van der Waals surface area contributed by atoms with Crippen LogP contribution in [0.5, 0.6) is 0 Å². The summed E-state index contributed by atoms with van der Waals surface area (Å²) in [7, 11) is 0. The Morgan fingerprint density at radius 2 is 2.29 bits per heavy atom. The minimum Gasteiger partial charge on any atom is -0.333 e. The van der Waals surface area contributed by atoms with E-state index in [9.17, 15) is 0 Å². The van der Waals surface area contributed by atoms with Crippen LogP contribution < -0.4 is 5.32 Å². The average Bonchev–Trinajstić information content (AvgIpc) is 2.82. The number of thioether (sulfide) groups is 1. The largest absolute Gasteiger partial charge is 0.333 e. The third-order valence-corrected chi connectivity index (χ3v) is 3.83.